The topological polar surface area (TPSA) is 78.4 Å². The summed E-state index contributed by atoms with van der Waals surface area (Å²) in [6.07, 6.45) is 3.14. The smallest absolute Gasteiger partial charge is 0.326 e. The number of carboxylic acids is 1. The first-order chi connectivity index (χ1) is 8.79. The normalized spacial score (nSPS) is 28.8. The van der Waals surface area contributed by atoms with E-state index in [0.717, 1.165) is 12.8 Å². The summed E-state index contributed by atoms with van der Waals surface area (Å²) in [6.45, 7) is 7.94. The predicted molar refractivity (Wildman–Crippen MR) is 73.9 cm³/mol. The van der Waals surface area contributed by atoms with Crippen molar-refractivity contribution in [2.24, 2.45) is 17.8 Å². The van der Waals surface area contributed by atoms with Crippen molar-refractivity contribution in [3.8, 4) is 0 Å². The van der Waals surface area contributed by atoms with Gasteiger partial charge in [-0.1, -0.05) is 27.7 Å². The molecule has 0 spiro atoms. The summed E-state index contributed by atoms with van der Waals surface area (Å²) in [7, 11) is 0. The highest BCUT2D eigenvalue weighted by Gasteiger charge is 2.27. The fraction of sp³-hybridized carbons (Fsp3) is 0.857. The van der Waals surface area contributed by atoms with E-state index in [0.29, 0.717) is 11.8 Å². The number of rotatable bonds is 4. The third-order valence-electron chi connectivity index (χ3n) is 3.73. The van der Waals surface area contributed by atoms with Crippen molar-refractivity contribution in [2.45, 2.75) is 59.0 Å². The van der Waals surface area contributed by atoms with E-state index in [-0.39, 0.29) is 18.0 Å². The molecule has 0 aromatic rings. The highest BCUT2D eigenvalue weighted by molar-refractivity contribution is 5.82. The van der Waals surface area contributed by atoms with Gasteiger partial charge in [-0.15, -0.1) is 0 Å². The number of hydrogen-bond acceptors (Lipinski definition) is 2. The number of carbonyl (C=O) groups is 2. The van der Waals surface area contributed by atoms with Crippen LogP contribution in [0.2, 0.25) is 0 Å². The van der Waals surface area contributed by atoms with Gasteiger partial charge in [0.05, 0.1) is 0 Å². The highest BCUT2D eigenvalue weighted by Crippen LogP contribution is 2.28. The van der Waals surface area contributed by atoms with E-state index in [1.54, 1.807) is 13.8 Å². The van der Waals surface area contributed by atoms with Gasteiger partial charge >= 0.3 is 12.0 Å². The van der Waals surface area contributed by atoms with Gasteiger partial charge in [-0.3, -0.25) is 0 Å². The minimum atomic E-state index is -0.990. The Balaban J connectivity index is 2.48. The number of carboxylic acid groups (broad SMARTS) is 1. The first-order valence-electron chi connectivity index (χ1n) is 7.09. The third-order valence-corrected chi connectivity index (χ3v) is 3.73. The Morgan fingerprint density at radius 1 is 1.11 bits per heavy atom. The van der Waals surface area contributed by atoms with Gasteiger partial charge in [0.1, 0.15) is 6.04 Å². The second-order valence-electron chi connectivity index (χ2n) is 6.29. The molecule has 5 heteroatoms. The number of amides is 2. The van der Waals surface area contributed by atoms with E-state index >= 15 is 0 Å². The molecular weight excluding hydrogens is 244 g/mol. The zero-order valence-electron chi connectivity index (χ0n) is 12.3. The summed E-state index contributed by atoms with van der Waals surface area (Å²) in [5, 5.41) is 14.5. The molecule has 0 radical (unpaired) electrons. The standard InChI is InChI=1S/C14H26N2O3/c1-8(2)12(13(17)18)16-14(19)15-11-6-9(3)5-10(4)7-11/h8-12H,5-7H2,1-4H3,(H,17,18)(H2,15,16,19). The third kappa shape index (κ3) is 5.09. The number of aliphatic carboxylic acids is 1. The largest absolute Gasteiger partial charge is 0.480 e. The Hall–Kier alpha value is -1.26. The van der Waals surface area contributed by atoms with Crippen molar-refractivity contribution in [2.75, 3.05) is 0 Å². The maximum Gasteiger partial charge on any atom is 0.326 e. The molecule has 3 unspecified atom stereocenters. The summed E-state index contributed by atoms with van der Waals surface area (Å²) in [5.74, 6) is 0.0897. The van der Waals surface area contributed by atoms with E-state index in [9.17, 15) is 9.59 Å². The Morgan fingerprint density at radius 3 is 2.05 bits per heavy atom. The van der Waals surface area contributed by atoms with Crippen molar-refractivity contribution in [3.63, 3.8) is 0 Å². The lowest BCUT2D eigenvalue weighted by molar-refractivity contribution is -0.140. The molecule has 3 atom stereocenters. The number of nitrogens with one attached hydrogen (secondary N) is 2. The molecule has 1 aliphatic carbocycles. The molecule has 110 valence electrons. The van der Waals surface area contributed by atoms with Gasteiger partial charge in [0.2, 0.25) is 0 Å². The molecule has 0 bridgehead atoms. The summed E-state index contributed by atoms with van der Waals surface area (Å²) in [4.78, 5) is 22.9. The van der Waals surface area contributed by atoms with Gasteiger partial charge in [-0.05, 0) is 37.0 Å². The van der Waals surface area contributed by atoms with Crippen LogP contribution in [-0.2, 0) is 4.79 Å². The Labute approximate surface area is 115 Å². The maximum absolute atomic E-state index is 11.9. The summed E-state index contributed by atoms with van der Waals surface area (Å²) in [5.41, 5.74) is 0. The van der Waals surface area contributed by atoms with Crippen molar-refractivity contribution in [1.29, 1.82) is 0 Å². The van der Waals surface area contributed by atoms with Crippen LogP contribution in [0.3, 0.4) is 0 Å². The SMILES string of the molecule is CC1CC(C)CC(NC(=O)NC(C(=O)O)C(C)C)C1. The molecule has 1 aliphatic rings. The fourth-order valence-corrected chi connectivity index (χ4v) is 2.95. The Morgan fingerprint density at radius 2 is 1.63 bits per heavy atom. The number of carbonyl (C=O) groups excluding carboxylic acids is 1. The molecule has 0 heterocycles. The zero-order valence-corrected chi connectivity index (χ0v) is 12.3. The van der Waals surface area contributed by atoms with Crippen molar-refractivity contribution in [3.05, 3.63) is 0 Å². The first-order valence-corrected chi connectivity index (χ1v) is 7.09. The van der Waals surface area contributed by atoms with Crippen LogP contribution in [0.1, 0.15) is 47.0 Å². The maximum atomic E-state index is 11.9. The van der Waals surface area contributed by atoms with Crippen LogP contribution in [-0.4, -0.2) is 29.2 Å². The minimum absolute atomic E-state index is 0.132. The molecule has 0 aromatic carbocycles. The molecule has 3 N–H and O–H groups in total. The fourth-order valence-electron chi connectivity index (χ4n) is 2.95. The first kappa shape index (κ1) is 15.8. The molecular formula is C14H26N2O3. The molecule has 19 heavy (non-hydrogen) atoms. The average Bonchev–Trinajstić information content (AvgIpc) is 2.23. The Kier molecular flexibility index (Phi) is 5.63. The van der Waals surface area contributed by atoms with Crippen LogP contribution < -0.4 is 10.6 Å². The molecule has 0 saturated heterocycles. The van der Waals surface area contributed by atoms with Crippen LogP contribution in [0.4, 0.5) is 4.79 Å². The quantitative estimate of drug-likeness (QED) is 0.733. The molecule has 2 amide bonds. The summed E-state index contributed by atoms with van der Waals surface area (Å²) < 4.78 is 0. The lowest BCUT2D eigenvalue weighted by atomic mass is 9.80. The predicted octanol–water partition coefficient (Wildman–Crippen LogP) is 2.22. The second-order valence-corrected chi connectivity index (χ2v) is 6.29. The summed E-state index contributed by atoms with van der Waals surface area (Å²) >= 11 is 0. The van der Waals surface area contributed by atoms with E-state index in [4.69, 9.17) is 5.11 Å². The number of hydrogen-bond donors (Lipinski definition) is 3. The van der Waals surface area contributed by atoms with Gasteiger partial charge in [0, 0.05) is 6.04 Å². The van der Waals surface area contributed by atoms with Gasteiger partial charge in [0.25, 0.3) is 0 Å². The van der Waals surface area contributed by atoms with E-state index in [1.165, 1.54) is 6.42 Å². The monoisotopic (exact) mass is 270 g/mol. The second kappa shape index (κ2) is 6.78. The van der Waals surface area contributed by atoms with Crippen LogP contribution >= 0.6 is 0 Å². The average molecular weight is 270 g/mol. The summed E-state index contributed by atoms with van der Waals surface area (Å²) in [6, 6.07) is -1.05. The van der Waals surface area contributed by atoms with Gasteiger partial charge < -0.3 is 15.7 Å². The number of urea groups is 1. The molecule has 1 rings (SSSR count). The van der Waals surface area contributed by atoms with Crippen molar-refractivity contribution < 1.29 is 14.7 Å². The zero-order chi connectivity index (χ0) is 14.6. The van der Waals surface area contributed by atoms with Gasteiger partial charge in [-0.25, -0.2) is 9.59 Å². The lowest BCUT2D eigenvalue weighted by Crippen LogP contribution is -2.52. The highest BCUT2D eigenvalue weighted by atomic mass is 16.4. The molecule has 1 saturated carbocycles. The van der Waals surface area contributed by atoms with Crippen LogP contribution in [0.5, 0.6) is 0 Å². The van der Waals surface area contributed by atoms with Crippen LogP contribution in [0.15, 0.2) is 0 Å². The molecule has 5 nitrogen and oxygen atoms in total. The van der Waals surface area contributed by atoms with Gasteiger partial charge in [0.15, 0.2) is 0 Å². The van der Waals surface area contributed by atoms with Crippen LogP contribution in [0, 0.1) is 17.8 Å². The minimum Gasteiger partial charge on any atom is -0.480 e. The van der Waals surface area contributed by atoms with E-state index < -0.39 is 12.0 Å². The molecule has 1 fully saturated rings. The van der Waals surface area contributed by atoms with Crippen LogP contribution in [0.25, 0.3) is 0 Å². The van der Waals surface area contributed by atoms with E-state index in [2.05, 4.69) is 24.5 Å². The lowest BCUT2D eigenvalue weighted by Gasteiger charge is -2.32. The van der Waals surface area contributed by atoms with Gasteiger partial charge in [-0.2, -0.15) is 0 Å². The Bertz CT molecular complexity index is 321. The molecule has 0 aromatic heterocycles. The molecule has 0 aliphatic heterocycles. The van der Waals surface area contributed by atoms with Crippen molar-refractivity contribution >= 4 is 12.0 Å². The van der Waals surface area contributed by atoms with Crippen molar-refractivity contribution in [1.82, 2.24) is 10.6 Å². The van der Waals surface area contributed by atoms with E-state index in [1.807, 2.05) is 0 Å².